The van der Waals surface area contributed by atoms with Gasteiger partial charge in [0.2, 0.25) is 0 Å². The Balaban J connectivity index is 2.10. The number of pyridine rings is 1. The normalized spacial score (nSPS) is 22.9. The van der Waals surface area contributed by atoms with Gasteiger partial charge >= 0.3 is 0 Å². The van der Waals surface area contributed by atoms with Gasteiger partial charge in [0.25, 0.3) is 0 Å². The molecule has 0 spiro atoms. The van der Waals surface area contributed by atoms with Crippen molar-refractivity contribution in [3.8, 4) is 0 Å². The number of hydrogen-bond donors (Lipinski definition) is 2. The van der Waals surface area contributed by atoms with Crippen molar-refractivity contribution in [1.29, 1.82) is 0 Å². The number of morpholine rings is 1. The van der Waals surface area contributed by atoms with E-state index in [1.807, 2.05) is 12.1 Å². The number of hydrogen-bond acceptors (Lipinski definition) is 4. The summed E-state index contributed by atoms with van der Waals surface area (Å²) >= 11 is 0. The number of aromatic nitrogens is 1. The maximum absolute atomic E-state index is 5.49. The van der Waals surface area contributed by atoms with Crippen LogP contribution in [0.3, 0.4) is 0 Å². The molecule has 1 atom stereocenters. The van der Waals surface area contributed by atoms with Crippen LogP contribution in [0.4, 0.5) is 5.82 Å². The molecule has 4 nitrogen and oxygen atoms in total. The molecule has 70 valence electrons. The number of rotatable bonds is 1. The minimum absolute atomic E-state index is 0.266. The lowest BCUT2D eigenvalue weighted by Crippen LogP contribution is -2.34. The van der Waals surface area contributed by atoms with Gasteiger partial charge in [-0.1, -0.05) is 6.07 Å². The number of nitrogens with one attached hydrogen (secondary N) is 1. The monoisotopic (exact) mass is 179 g/mol. The third-order valence-electron chi connectivity index (χ3n) is 2.13. The van der Waals surface area contributed by atoms with Gasteiger partial charge in [-0.2, -0.15) is 0 Å². The first-order valence-electron chi connectivity index (χ1n) is 4.39. The maximum Gasteiger partial charge on any atom is 0.123 e. The predicted octanol–water partition coefficient (Wildman–Crippen LogP) is 0.325. The van der Waals surface area contributed by atoms with Crippen LogP contribution in [-0.4, -0.2) is 24.7 Å². The van der Waals surface area contributed by atoms with E-state index in [1.165, 1.54) is 0 Å². The average Bonchev–Trinajstić information content (AvgIpc) is 2.20. The first-order chi connectivity index (χ1) is 6.36. The fraction of sp³-hybridized carbons (Fsp3) is 0.444. The Hall–Kier alpha value is -1.13. The lowest BCUT2D eigenvalue weighted by molar-refractivity contribution is 0.0768. The van der Waals surface area contributed by atoms with Crippen molar-refractivity contribution >= 4 is 5.82 Å². The zero-order valence-corrected chi connectivity index (χ0v) is 7.36. The Morgan fingerprint density at radius 1 is 1.54 bits per heavy atom. The molecule has 0 bridgehead atoms. The number of nitrogens with zero attached hydrogens (tertiary/aromatic N) is 1. The number of ether oxygens (including phenoxy) is 1. The molecule has 2 heterocycles. The molecule has 0 aromatic carbocycles. The Morgan fingerprint density at radius 3 is 3.08 bits per heavy atom. The highest BCUT2D eigenvalue weighted by molar-refractivity contribution is 5.30. The summed E-state index contributed by atoms with van der Waals surface area (Å²) in [5, 5.41) is 3.35. The molecule has 1 aromatic heterocycles. The van der Waals surface area contributed by atoms with E-state index < -0.39 is 0 Å². The van der Waals surface area contributed by atoms with E-state index in [-0.39, 0.29) is 6.04 Å². The fourth-order valence-corrected chi connectivity index (χ4v) is 1.40. The highest BCUT2D eigenvalue weighted by Crippen LogP contribution is 2.14. The fourth-order valence-electron chi connectivity index (χ4n) is 1.40. The summed E-state index contributed by atoms with van der Waals surface area (Å²) in [5.41, 5.74) is 6.63. The summed E-state index contributed by atoms with van der Waals surface area (Å²) in [4.78, 5) is 4.04. The Labute approximate surface area is 77.1 Å². The summed E-state index contributed by atoms with van der Waals surface area (Å²) < 4.78 is 5.35. The van der Waals surface area contributed by atoms with Gasteiger partial charge in [0.05, 0.1) is 19.3 Å². The van der Waals surface area contributed by atoms with Gasteiger partial charge in [-0.25, -0.2) is 4.98 Å². The van der Waals surface area contributed by atoms with Gasteiger partial charge in [-0.15, -0.1) is 0 Å². The number of nitrogens with two attached hydrogens (primary N) is 1. The van der Waals surface area contributed by atoms with E-state index in [4.69, 9.17) is 10.5 Å². The molecule has 1 fully saturated rings. The maximum atomic E-state index is 5.49. The summed E-state index contributed by atoms with van der Waals surface area (Å²) in [7, 11) is 0. The summed E-state index contributed by atoms with van der Waals surface area (Å²) in [6.45, 7) is 2.40. The summed E-state index contributed by atoms with van der Waals surface area (Å²) in [6.07, 6.45) is 1.79. The van der Waals surface area contributed by atoms with Gasteiger partial charge in [0.15, 0.2) is 0 Å². The Morgan fingerprint density at radius 2 is 2.46 bits per heavy atom. The van der Waals surface area contributed by atoms with E-state index >= 15 is 0 Å². The van der Waals surface area contributed by atoms with E-state index in [0.717, 1.165) is 18.7 Å². The van der Waals surface area contributed by atoms with E-state index in [2.05, 4.69) is 10.3 Å². The number of anilines is 1. The van der Waals surface area contributed by atoms with Gasteiger partial charge in [0.1, 0.15) is 5.82 Å². The molecule has 0 aliphatic carbocycles. The van der Waals surface area contributed by atoms with Crippen LogP contribution in [0.5, 0.6) is 0 Å². The molecule has 3 N–H and O–H groups in total. The van der Waals surface area contributed by atoms with Crippen LogP contribution >= 0.6 is 0 Å². The standard InChI is InChI=1S/C9H13N3O/c10-9-2-1-7(5-12-9)8-6-13-4-3-11-8/h1-2,5,8,11H,3-4,6H2,(H2,10,12). The molecule has 2 rings (SSSR count). The topological polar surface area (TPSA) is 60.2 Å². The Kier molecular flexibility index (Phi) is 2.42. The zero-order valence-electron chi connectivity index (χ0n) is 7.36. The van der Waals surface area contributed by atoms with Crippen LogP contribution in [0.1, 0.15) is 11.6 Å². The molecular formula is C9H13N3O. The first kappa shape index (κ1) is 8.47. The summed E-state index contributed by atoms with van der Waals surface area (Å²) in [6, 6.07) is 4.06. The van der Waals surface area contributed by atoms with Crippen LogP contribution in [0.2, 0.25) is 0 Å². The van der Waals surface area contributed by atoms with Crippen molar-refractivity contribution in [2.75, 3.05) is 25.5 Å². The molecule has 0 amide bonds. The molecule has 1 aliphatic rings. The van der Waals surface area contributed by atoms with Crippen molar-refractivity contribution in [2.24, 2.45) is 0 Å². The molecule has 1 aromatic rings. The first-order valence-corrected chi connectivity index (χ1v) is 4.39. The third-order valence-corrected chi connectivity index (χ3v) is 2.13. The molecule has 0 radical (unpaired) electrons. The largest absolute Gasteiger partial charge is 0.384 e. The van der Waals surface area contributed by atoms with Gasteiger partial charge in [-0.05, 0) is 11.6 Å². The summed E-state index contributed by atoms with van der Waals surface area (Å²) in [5.74, 6) is 0.556. The van der Waals surface area contributed by atoms with Crippen LogP contribution in [0, 0.1) is 0 Å². The van der Waals surface area contributed by atoms with E-state index in [1.54, 1.807) is 6.20 Å². The Bertz CT molecular complexity index is 267. The second-order valence-electron chi connectivity index (χ2n) is 3.10. The lowest BCUT2D eigenvalue weighted by Gasteiger charge is -2.23. The van der Waals surface area contributed by atoms with Crippen molar-refractivity contribution in [3.05, 3.63) is 23.9 Å². The third kappa shape index (κ3) is 1.96. The number of nitrogen functional groups attached to an aromatic ring is 1. The predicted molar refractivity (Wildman–Crippen MR) is 50.2 cm³/mol. The van der Waals surface area contributed by atoms with Crippen LogP contribution in [0.15, 0.2) is 18.3 Å². The SMILES string of the molecule is Nc1ccc(C2COCCN2)cn1. The second kappa shape index (κ2) is 3.72. The average molecular weight is 179 g/mol. The van der Waals surface area contributed by atoms with Crippen molar-refractivity contribution in [2.45, 2.75) is 6.04 Å². The van der Waals surface area contributed by atoms with Crippen LogP contribution in [-0.2, 0) is 4.74 Å². The lowest BCUT2D eigenvalue weighted by atomic mass is 10.1. The highest BCUT2D eigenvalue weighted by atomic mass is 16.5. The molecule has 1 aliphatic heterocycles. The molecular weight excluding hydrogens is 166 g/mol. The van der Waals surface area contributed by atoms with Crippen LogP contribution < -0.4 is 11.1 Å². The highest BCUT2D eigenvalue weighted by Gasteiger charge is 2.14. The van der Waals surface area contributed by atoms with Gasteiger partial charge in [0, 0.05) is 12.7 Å². The van der Waals surface area contributed by atoms with Crippen LogP contribution in [0.25, 0.3) is 0 Å². The second-order valence-corrected chi connectivity index (χ2v) is 3.10. The molecule has 4 heteroatoms. The van der Waals surface area contributed by atoms with Crippen molar-refractivity contribution < 1.29 is 4.74 Å². The van der Waals surface area contributed by atoms with E-state index in [0.29, 0.717) is 12.4 Å². The van der Waals surface area contributed by atoms with Crippen molar-refractivity contribution in [1.82, 2.24) is 10.3 Å². The van der Waals surface area contributed by atoms with Gasteiger partial charge < -0.3 is 15.8 Å². The van der Waals surface area contributed by atoms with Gasteiger partial charge in [-0.3, -0.25) is 0 Å². The van der Waals surface area contributed by atoms with E-state index in [9.17, 15) is 0 Å². The molecule has 13 heavy (non-hydrogen) atoms. The van der Waals surface area contributed by atoms with Crippen molar-refractivity contribution in [3.63, 3.8) is 0 Å². The molecule has 1 saturated heterocycles. The zero-order chi connectivity index (χ0) is 9.10. The molecule has 0 saturated carbocycles. The minimum atomic E-state index is 0.266. The smallest absolute Gasteiger partial charge is 0.123 e. The quantitative estimate of drug-likeness (QED) is 0.652. The minimum Gasteiger partial charge on any atom is -0.384 e. The molecule has 1 unspecified atom stereocenters.